The Bertz CT molecular complexity index is 2270. The third kappa shape index (κ3) is 6.06. The summed E-state index contributed by atoms with van der Waals surface area (Å²) < 4.78 is 0. The maximum absolute atomic E-state index is 15.2. The van der Waals surface area contributed by atoms with Crippen LogP contribution in [0.25, 0.3) is 10.8 Å². The molecule has 0 saturated carbocycles. The lowest BCUT2D eigenvalue weighted by Gasteiger charge is -2.31. The molecule has 1 amide bonds. The summed E-state index contributed by atoms with van der Waals surface area (Å²) in [5.41, 5.74) is 6.20. The van der Waals surface area contributed by atoms with Crippen molar-refractivity contribution in [2.45, 2.75) is 25.9 Å². The van der Waals surface area contributed by atoms with E-state index >= 15 is 4.79 Å². The summed E-state index contributed by atoms with van der Waals surface area (Å²) in [5, 5.41) is 5.83. The molecule has 7 aromatic carbocycles. The summed E-state index contributed by atoms with van der Waals surface area (Å²) in [4.78, 5) is 22.7. The first-order valence-corrected chi connectivity index (χ1v) is 18.4. The van der Waals surface area contributed by atoms with Gasteiger partial charge >= 0.3 is 0 Å². The zero-order chi connectivity index (χ0) is 34.0. The summed E-state index contributed by atoms with van der Waals surface area (Å²) in [6.45, 7) is 4.26. The van der Waals surface area contributed by atoms with Crippen molar-refractivity contribution in [3.63, 3.8) is 0 Å². The number of aryl methyl sites for hydroxylation is 2. The van der Waals surface area contributed by atoms with Crippen molar-refractivity contribution in [3.05, 3.63) is 209 Å². The quantitative estimate of drug-likeness (QED) is 0.156. The van der Waals surface area contributed by atoms with E-state index in [2.05, 4.69) is 147 Å². The van der Waals surface area contributed by atoms with E-state index in [0.29, 0.717) is 11.4 Å². The summed E-state index contributed by atoms with van der Waals surface area (Å²) in [5.74, 6) is 0.639. The van der Waals surface area contributed by atoms with E-state index in [4.69, 9.17) is 4.99 Å². The Morgan fingerprint density at radius 2 is 1.10 bits per heavy atom. The van der Waals surface area contributed by atoms with E-state index in [9.17, 15) is 0 Å². The van der Waals surface area contributed by atoms with E-state index < -0.39 is 7.92 Å². The maximum Gasteiger partial charge on any atom is 0.260 e. The standard InChI is InChI=1S/C46H37N2OP/c1-32-21-27-39(28-22-32)50(40-29-23-33(2)24-30-40)42-20-12-11-19-41(42)45-47-43(35-14-5-3-6-15-35)44(36-16-7-4-8-17-36)48(45)46(49)38-26-25-34-13-9-10-18-37(34)31-38/h3-31,43-44H,1-2H3/t43-,44-/m1/s1. The molecule has 0 N–H and O–H groups in total. The number of carbonyl (C=O) groups is 1. The van der Waals surface area contributed by atoms with E-state index in [-0.39, 0.29) is 18.0 Å². The van der Waals surface area contributed by atoms with Crippen LogP contribution < -0.4 is 15.9 Å². The number of hydrogen-bond donors (Lipinski definition) is 0. The highest BCUT2D eigenvalue weighted by Gasteiger charge is 2.43. The van der Waals surface area contributed by atoms with Crippen LogP contribution in [0.2, 0.25) is 0 Å². The van der Waals surface area contributed by atoms with Crippen LogP contribution in [0.5, 0.6) is 0 Å². The molecule has 1 aliphatic rings. The summed E-state index contributed by atoms with van der Waals surface area (Å²) in [6, 6.07) is 60.7. The van der Waals surface area contributed by atoms with Crippen molar-refractivity contribution in [2.75, 3.05) is 0 Å². The van der Waals surface area contributed by atoms with Gasteiger partial charge in [0.1, 0.15) is 11.9 Å². The minimum atomic E-state index is -0.980. The van der Waals surface area contributed by atoms with Crippen LogP contribution in [0, 0.1) is 13.8 Å². The van der Waals surface area contributed by atoms with Gasteiger partial charge in [0.05, 0.1) is 6.04 Å². The third-order valence-electron chi connectivity index (χ3n) is 9.53. The second-order valence-electron chi connectivity index (χ2n) is 12.9. The number of aliphatic imine (C=N–C) groups is 1. The van der Waals surface area contributed by atoms with Crippen molar-refractivity contribution < 1.29 is 4.79 Å². The SMILES string of the molecule is Cc1ccc(P(c2ccc(C)cc2)c2ccccc2C2=N[C@H](c3ccccc3)[C@@H](c3ccccc3)N2C(=O)c2ccc3ccccc3c2)cc1. The fourth-order valence-corrected chi connectivity index (χ4v) is 9.38. The highest BCUT2D eigenvalue weighted by molar-refractivity contribution is 7.80. The van der Waals surface area contributed by atoms with E-state index in [1.807, 2.05) is 47.4 Å². The van der Waals surface area contributed by atoms with Crippen LogP contribution in [-0.2, 0) is 0 Å². The molecule has 0 spiro atoms. The second kappa shape index (κ2) is 13.7. The Morgan fingerprint density at radius 1 is 0.560 bits per heavy atom. The first-order valence-electron chi connectivity index (χ1n) is 17.1. The Hall–Kier alpha value is -5.63. The molecule has 242 valence electrons. The van der Waals surface area contributed by atoms with Gasteiger partial charge in [0.15, 0.2) is 0 Å². The topological polar surface area (TPSA) is 32.7 Å². The van der Waals surface area contributed by atoms with Gasteiger partial charge in [-0.25, -0.2) is 0 Å². The highest BCUT2D eigenvalue weighted by atomic mass is 31.1. The molecule has 50 heavy (non-hydrogen) atoms. The van der Waals surface area contributed by atoms with Crippen LogP contribution in [0.15, 0.2) is 181 Å². The molecule has 7 aromatic rings. The lowest BCUT2D eigenvalue weighted by Crippen LogP contribution is -2.40. The number of fused-ring (bicyclic) bond motifs is 1. The maximum atomic E-state index is 15.2. The van der Waals surface area contributed by atoms with Crippen LogP contribution in [-0.4, -0.2) is 16.6 Å². The second-order valence-corrected chi connectivity index (χ2v) is 15.1. The van der Waals surface area contributed by atoms with Gasteiger partial charge in [0.2, 0.25) is 0 Å². The fourth-order valence-electron chi connectivity index (χ4n) is 6.98. The molecule has 1 aliphatic heterocycles. The van der Waals surface area contributed by atoms with Crippen molar-refractivity contribution in [1.82, 2.24) is 4.90 Å². The predicted octanol–water partition coefficient (Wildman–Crippen LogP) is 9.60. The molecule has 4 heteroatoms. The van der Waals surface area contributed by atoms with E-state index in [0.717, 1.165) is 27.5 Å². The van der Waals surface area contributed by atoms with E-state index in [1.54, 1.807) is 0 Å². The number of rotatable bonds is 7. The molecule has 2 atom stereocenters. The minimum Gasteiger partial charge on any atom is -0.282 e. The van der Waals surface area contributed by atoms with Gasteiger partial charge in [-0.2, -0.15) is 0 Å². The summed E-state index contributed by atoms with van der Waals surface area (Å²) in [7, 11) is -0.980. The molecule has 0 saturated heterocycles. The average Bonchev–Trinajstić information content (AvgIpc) is 3.57. The number of benzene rings is 7. The molecule has 0 unspecified atom stereocenters. The zero-order valence-electron chi connectivity index (χ0n) is 28.1. The molecule has 1 heterocycles. The van der Waals surface area contributed by atoms with Gasteiger partial charge in [-0.15, -0.1) is 0 Å². The number of amides is 1. The van der Waals surface area contributed by atoms with Crippen LogP contribution in [0.3, 0.4) is 0 Å². The number of nitrogens with zero attached hydrogens (tertiary/aromatic N) is 2. The largest absolute Gasteiger partial charge is 0.282 e. The van der Waals surface area contributed by atoms with Gasteiger partial charge in [0.25, 0.3) is 5.91 Å². The zero-order valence-corrected chi connectivity index (χ0v) is 29.0. The normalized spacial score (nSPS) is 15.7. The van der Waals surface area contributed by atoms with Crippen molar-refractivity contribution in [1.29, 1.82) is 0 Å². The molecular formula is C46H37N2OP. The molecule has 8 rings (SSSR count). The number of hydrogen-bond acceptors (Lipinski definition) is 2. The molecule has 0 aromatic heterocycles. The number of carbonyl (C=O) groups excluding carboxylic acids is 1. The molecule has 0 aliphatic carbocycles. The van der Waals surface area contributed by atoms with Crippen molar-refractivity contribution in [2.24, 2.45) is 4.99 Å². The summed E-state index contributed by atoms with van der Waals surface area (Å²) in [6.07, 6.45) is 0. The fraction of sp³-hybridized carbons (Fsp3) is 0.0870. The molecular weight excluding hydrogens is 627 g/mol. The molecule has 0 bridgehead atoms. The van der Waals surface area contributed by atoms with Gasteiger partial charge < -0.3 is 0 Å². The Kier molecular flexibility index (Phi) is 8.67. The lowest BCUT2D eigenvalue weighted by atomic mass is 9.93. The average molecular weight is 665 g/mol. The molecule has 0 fully saturated rings. The van der Waals surface area contributed by atoms with Crippen LogP contribution in [0.1, 0.15) is 50.3 Å². The first kappa shape index (κ1) is 31.6. The van der Waals surface area contributed by atoms with Gasteiger partial charge in [-0.3, -0.25) is 14.7 Å². The number of amidine groups is 1. The van der Waals surface area contributed by atoms with Crippen molar-refractivity contribution in [3.8, 4) is 0 Å². The highest BCUT2D eigenvalue weighted by Crippen LogP contribution is 2.45. The Morgan fingerprint density at radius 3 is 1.74 bits per heavy atom. The Labute approximate surface area is 295 Å². The molecule has 3 nitrogen and oxygen atoms in total. The van der Waals surface area contributed by atoms with Crippen LogP contribution >= 0.6 is 7.92 Å². The van der Waals surface area contributed by atoms with Crippen molar-refractivity contribution >= 4 is 46.4 Å². The summed E-state index contributed by atoms with van der Waals surface area (Å²) >= 11 is 0. The first-order chi connectivity index (χ1) is 24.5. The van der Waals surface area contributed by atoms with E-state index in [1.165, 1.54) is 27.0 Å². The lowest BCUT2D eigenvalue weighted by molar-refractivity contribution is 0.0805. The van der Waals surface area contributed by atoms with Gasteiger partial charge in [-0.1, -0.05) is 175 Å². The smallest absolute Gasteiger partial charge is 0.260 e. The Balaban J connectivity index is 1.36. The third-order valence-corrected chi connectivity index (χ3v) is 12.0. The van der Waals surface area contributed by atoms with Gasteiger partial charge in [0, 0.05) is 11.1 Å². The monoisotopic (exact) mass is 664 g/mol. The molecule has 0 radical (unpaired) electrons. The van der Waals surface area contributed by atoms with Crippen LogP contribution in [0.4, 0.5) is 0 Å². The predicted molar refractivity (Wildman–Crippen MR) is 210 cm³/mol. The minimum absolute atomic E-state index is 0.0633. The van der Waals surface area contributed by atoms with Gasteiger partial charge in [-0.05, 0) is 71.7 Å².